The van der Waals surface area contributed by atoms with Crippen molar-refractivity contribution >= 4 is 17.7 Å². The molecule has 6 heteroatoms. The zero-order valence-electron chi connectivity index (χ0n) is 12.1. The van der Waals surface area contributed by atoms with Crippen molar-refractivity contribution in [2.45, 2.75) is 23.3 Å². The number of carbonyl (C=O) groups is 1. The molecule has 0 aromatic heterocycles. The summed E-state index contributed by atoms with van der Waals surface area (Å²) < 4.78 is 5.15. The first-order chi connectivity index (χ1) is 10.1. The first kappa shape index (κ1) is 16.1. The number of β-amino-alcohol motifs (C(OH)–C–C–N with tert-alkyl or cyclic N) is 1. The molecule has 1 atom stereocenters. The number of piperidine rings is 1. The molecule has 2 N–H and O–H groups in total. The standard InChI is InChI=1S/C15H21NO4S/c1-20-12-4-2-5-13(8-12)21-9-14(18)16-7-3-6-15(19,10-16)11-17/h2,4-5,8,17,19H,3,6-7,9-11H2,1H3/t15-/m1/s1. The van der Waals surface area contributed by atoms with Gasteiger partial charge >= 0.3 is 0 Å². The number of amides is 1. The average molecular weight is 311 g/mol. The highest BCUT2D eigenvalue weighted by molar-refractivity contribution is 8.00. The third-order valence-electron chi connectivity index (χ3n) is 3.61. The Morgan fingerprint density at radius 1 is 1.52 bits per heavy atom. The Bertz CT molecular complexity index is 496. The monoisotopic (exact) mass is 311 g/mol. The van der Waals surface area contributed by atoms with Gasteiger partial charge in [-0.3, -0.25) is 4.79 Å². The summed E-state index contributed by atoms with van der Waals surface area (Å²) in [4.78, 5) is 14.8. The van der Waals surface area contributed by atoms with Crippen LogP contribution in [0.3, 0.4) is 0 Å². The summed E-state index contributed by atoms with van der Waals surface area (Å²) in [7, 11) is 1.61. The van der Waals surface area contributed by atoms with Gasteiger partial charge in [0, 0.05) is 11.4 Å². The molecule has 0 aliphatic carbocycles. The molecule has 2 rings (SSSR count). The summed E-state index contributed by atoms with van der Waals surface area (Å²) in [6.07, 6.45) is 1.25. The molecule has 1 saturated heterocycles. The lowest BCUT2D eigenvalue weighted by atomic mass is 9.94. The number of thioether (sulfide) groups is 1. The van der Waals surface area contributed by atoms with E-state index >= 15 is 0 Å². The molecule has 0 saturated carbocycles. The number of hydrogen-bond acceptors (Lipinski definition) is 5. The highest BCUT2D eigenvalue weighted by Crippen LogP contribution is 2.25. The summed E-state index contributed by atoms with van der Waals surface area (Å²) in [6, 6.07) is 7.56. The van der Waals surface area contributed by atoms with Crippen LogP contribution in [-0.4, -0.2) is 59.2 Å². The van der Waals surface area contributed by atoms with E-state index in [1.54, 1.807) is 12.0 Å². The number of nitrogens with zero attached hydrogens (tertiary/aromatic N) is 1. The number of benzene rings is 1. The number of ether oxygens (including phenoxy) is 1. The summed E-state index contributed by atoms with van der Waals surface area (Å²) >= 11 is 1.44. The number of methoxy groups -OCH3 is 1. The van der Waals surface area contributed by atoms with Gasteiger partial charge in [-0.25, -0.2) is 0 Å². The van der Waals surface area contributed by atoms with Crippen LogP contribution in [0, 0.1) is 0 Å². The molecule has 0 bridgehead atoms. The van der Waals surface area contributed by atoms with Gasteiger partial charge in [0.25, 0.3) is 0 Å². The predicted molar refractivity (Wildman–Crippen MR) is 81.6 cm³/mol. The lowest BCUT2D eigenvalue weighted by molar-refractivity contribution is -0.137. The zero-order valence-corrected chi connectivity index (χ0v) is 12.9. The topological polar surface area (TPSA) is 70.0 Å². The summed E-state index contributed by atoms with van der Waals surface area (Å²) in [5, 5.41) is 19.3. The van der Waals surface area contributed by atoms with Crippen LogP contribution in [0.1, 0.15) is 12.8 Å². The molecular formula is C15H21NO4S. The third-order valence-corrected chi connectivity index (χ3v) is 4.58. The van der Waals surface area contributed by atoms with Crippen LogP contribution >= 0.6 is 11.8 Å². The third kappa shape index (κ3) is 4.36. The molecule has 0 unspecified atom stereocenters. The molecule has 1 fully saturated rings. The van der Waals surface area contributed by atoms with Crippen molar-refractivity contribution in [2.24, 2.45) is 0 Å². The highest BCUT2D eigenvalue weighted by atomic mass is 32.2. The van der Waals surface area contributed by atoms with E-state index in [9.17, 15) is 15.0 Å². The number of likely N-dealkylation sites (tertiary alicyclic amines) is 1. The first-order valence-electron chi connectivity index (χ1n) is 6.94. The van der Waals surface area contributed by atoms with E-state index in [0.29, 0.717) is 25.1 Å². The van der Waals surface area contributed by atoms with Crippen LogP contribution in [-0.2, 0) is 4.79 Å². The van der Waals surface area contributed by atoms with Crippen LogP contribution in [0.15, 0.2) is 29.2 Å². The van der Waals surface area contributed by atoms with Crippen molar-refractivity contribution < 1.29 is 19.7 Å². The molecule has 0 spiro atoms. The van der Waals surface area contributed by atoms with Gasteiger partial charge in [-0.1, -0.05) is 6.07 Å². The lowest BCUT2D eigenvalue weighted by Crippen LogP contribution is -2.52. The van der Waals surface area contributed by atoms with E-state index in [2.05, 4.69) is 0 Å². The minimum Gasteiger partial charge on any atom is -0.497 e. The molecule has 21 heavy (non-hydrogen) atoms. The van der Waals surface area contributed by atoms with Crippen LogP contribution in [0.5, 0.6) is 5.75 Å². The normalized spacial score (nSPS) is 22.1. The molecule has 0 radical (unpaired) electrons. The largest absolute Gasteiger partial charge is 0.497 e. The Kier molecular flexibility index (Phi) is 5.50. The molecule has 5 nitrogen and oxygen atoms in total. The molecule has 1 aromatic rings. The Labute approximate surface area is 128 Å². The van der Waals surface area contributed by atoms with E-state index in [-0.39, 0.29) is 19.1 Å². The molecule has 116 valence electrons. The van der Waals surface area contributed by atoms with Gasteiger partial charge in [-0.05, 0) is 31.0 Å². The fourth-order valence-electron chi connectivity index (χ4n) is 2.38. The SMILES string of the molecule is COc1cccc(SCC(=O)N2CCC[C@](O)(CO)C2)c1. The van der Waals surface area contributed by atoms with E-state index in [4.69, 9.17) is 4.74 Å². The van der Waals surface area contributed by atoms with Crippen molar-refractivity contribution in [2.75, 3.05) is 32.6 Å². The second kappa shape index (κ2) is 7.15. The van der Waals surface area contributed by atoms with Crippen LogP contribution in [0.4, 0.5) is 0 Å². The zero-order chi connectivity index (χ0) is 15.3. The number of aliphatic hydroxyl groups excluding tert-OH is 1. The van der Waals surface area contributed by atoms with Crippen molar-refractivity contribution in [3.8, 4) is 5.75 Å². The van der Waals surface area contributed by atoms with Crippen molar-refractivity contribution in [1.82, 2.24) is 4.90 Å². The maximum Gasteiger partial charge on any atom is 0.233 e. The Balaban J connectivity index is 1.89. The summed E-state index contributed by atoms with van der Waals surface area (Å²) in [5.74, 6) is 1.06. The summed E-state index contributed by atoms with van der Waals surface area (Å²) in [5.41, 5.74) is -1.14. The maximum absolute atomic E-state index is 12.2. The molecule has 1 heterocycles. The second-order valence-electron chi connectivity index (χ2n) is 5.27. The molecule has 1 aliphatic rings. The number of carbonyl (C=O) groups excluding carboxylic acids is 1. The predicted octanol–water partition coefficient (Wildman–Crippen LogP) is 1.13. The molecule has 1 aliphatic heterocycles. The number of aliphatic hydroxyl groups is 2. The lowest BCUT2D eigenvalue weighted by Gasteiger charge is -2.38. The molecule has 1 amide bonds. The van der Waals surface area contributed by atoms with Crippen molar-refractivity contribution in [3.05, 3.63) is 24.3 Å². The van der Waals surface area contributed by atoms with E-state index in [1.165, 1.54) is 11.8 Å². The number of rotatable bonds is 5. The fourth-order valence-corrected chi connectivity index (χ4v) is 3.23. The smallest absolute Gasteiger partial charge is 0.233 e. The van der Waals surface area contributed by atoms with Gasteiger partial charge in [0.1, 0.15) is 11.4 Å². The van der Waals surface area contributed by atoms with Crippen LogP contribution in [0.2, 0.25) is 0 Å². The average Bonchev–Trinajstić information content (AvgIpc) is 2.53. The van der Waals surface area contributed by atoms with E-state index in [0.717, 1.165) is 10.6 Å². The first-order valence-corrected chi connectivity index (χ1v) is 7.93. The maximum atomic E-state index is 12.2. The van der Waals surface area contributed by atoms with Gasteiger partial charge in [-0.15, -0.1) is 11.8 Å². The minimum absolute atomic E-state index is 0.0191. The van der Waals surface area contributed by atoms with Crippen LogP contribution in [0.25, 0.3) is 0 Å². The highest BCUT2D eigenvalue weighted by Gasteiger charge is 2.34. The minimum atomic E-state index is -1.14. The van der Waals surface area contributed by atoms with Gasteiger partial charge < -0.3 is 19.8 Å². The van der Waals surface area contributed by atoms with E-state index < -0.39 is 5.60 Å². The van der Waals surface area contributed by atoms with Gasteiger partial charge in [0.05, 0.1) is 26.0 Å². The van der Waals surface area contributed by atoms with Gasteiger partial charge in [0.2, 0.25) is 5.91 Å². The molecule has 1 aromatic carbocycles. The number of hydrogen-bond donors (Lipinski definition) is 2. The van der Waals surface area contributed by atoms with Crippen molar-refractivity contribution in [3.63, 3.8) is 0 Å². The Hall–Kier alpha value is -1.24. The molecular weight excluding hydrogens is 290 g/mol. The van der Waals surface area contributed by atoms with Gasteiger partial charge in [-0.2, -0.15) is 0 Å². The second-order valence-corrected chi connectivity index (χ2v) is 6.32. The Morgan fingerprint density at radius 3 is 3.05 bits per heavy atom. The van der Waals surface area contributed by atoms with E-state index in [1.807, 2.05) is 24.3 Å². The summed E-state index contributed by atoms with van der Waals surface area (Å²) in [6.45, 7) is 0.542. The van der Waals surface area contributed by atoms with Gasteiger partial charge in [0.15, 0.2) is 0 Å². The van der Waals surface area contributed by atoms with Crippen LogP contribution < -0.4 is 4.74 Å². The Morgan fingerprint density at radius 2 is 2.33 bits per heavy atom. The van der Waals surface area contributed by atoms with Crippen molar-refractivity contribution in [1.29, 1.82) is 0 Å². The quantitative estimate of drug-likeness (QED) is 0.798. The fraction of sp³-hybridized carbons (Fsp3) is 0.533.